The van der Waals surface area contributed by atoms with Crippen LogP contribution in [0.25, 0.3) is 0 Å². The zero-order valence-corrected chi connectivity index (χ0v) is 27.3. The van der Waals surface area contributed by atoms with Crippen LogP contribution in [0.1, 0.15) is 17.9 Å². The summed E-state index contributed by atoms with van der Waals surface area (Å²) in [5.41, 5.74) is 0.803. The molecule has 0 unspecified atom stereocenters. The summed E-state index contributed by atoms with van der Waals surface area (Å²) in [6.07, 6.45) is 2.37. The summed E-state index contributed by atoms with van der Waals surface area (Å²) in [5, 5.41) is 26.1. The third-order valence-electron chi connectivity index (χ3n) is 6.95. The van der Waals surface area contributed by atoms with Gasteiger partial charge in [-0.25, -0.2) is 13.4 Å². The fourth-order valence-corrected chi connectivity index (χ4v) is 6.24. The molecular formula is C30H34BrN5O9S. The second-order valence-electron chi connectivity index (χ2n) is 9.99. The molecule has 2 heterocycles. The van der Waals surface area contributed by atoms with E-state index in [1.165, 1.54) is 31.4 Å². The SMILES string of the molecule is COc1ccc(S(=O)(=O)N(CCO)CCO[C@@H]2C[C@H](c3ccc(Br)cc3)C=C(C(=O)NCCNc3ccc([N+](=O)[O-])cn3)O2)cc1. The monoisotopic (exact) mass is 719 g/mol. The van der Waals surface area contributed by atoms with Gasteiger partial charge in [0.2, 0.25) is 16.3 Å². The molecule has 0 aliphatic carbocycles. The second kappa shape index (κ2) is 16.5. The van der Waals surface area contributed by atoms with Crippen LogP contribution in [0.5, 0.6) is 5.75 Å². The number of benzene rings is 2. The summed E-state index contributed by atoms with van der Waals surface area (Å²) in [7, 11) is -2.45. The number of hydrogen-bond donors (Lipinski definition) is 3. The Bertz CT molecular complexity index is 1610. The largest absolute Gasteiger partial charge is 0.497 e. The highest BCUT2D eigenvalue weighted by Crippen LogP contribution is 2.32. The fraction of sp³-hybridized carbons (Fsp3) is 0.333. The first-order valence-corrected chi connectivity index (χ1v) is 16.5. The smallest absolute Gasteiger partial charge is 0.287 e. The summed E-state index contributed by atoms with van der Waals surface area (Å²) in [4.78, 5) is 27.4. The normalized spacial score (nSPS) is 16.3. The Labute approximate surface area is 274 Å². The number of aliphatic hydroxyl groups is 1. The predicted octanol–water partition coefficient (Wildman–Crippen LogP) is 3.40. The number of sulfonamides is 1. The first-order chi connectivity index (χ1) is 22.1. The molecule has 246 valence electrons. The molecule has 0 saturated carbocycles. The van der Waals surface area contributed by atoms with E-state index < -0.39 is 27.1 Å². The van der Waals surface area contributed by atoms with Crippen LogP contribution < -0.4 is 15.4 Å². The van der Waals surface area contributed by atoms with E-state index in [-0.39, 0.29) is 55.1 Å². The molecule has 0 fully saturated rings. The molecule has 3 N–H and O–H groups in total. The van der Waals surface area contributed by atoms with Crippen molar-refractivity contribution in [1.29, 1.82) is 0 Å². The van der Waals surface area contributed by atoms with E-state index in [2.05, 4.69) is 31.5 Å². The molecule has 0 bridgehead atoms. The Kier molecular flexibility index (Phi) is 12.4. The lowest BCUT2D eigenvalue weighted by molar-refractivity contribution is -0.385. The van der Waals surface area contributed by atoms with Gasteiger partial charge in [0.1, 0.15) is 17.8 Å². The number of halogens is 1. The van der Waals surface area contributed by atoms with E-state index in [1.54, 1.807) is 18.2 Å². The fourth-order valence-electron chi connectivity index (χ4n) is 4.56. The average Bonchev–Trinajstić information content (AvgIpc) is 3.06. The van der Waals surface area contributed by atoms with E-state index in [0.717, 1.165) is 20.5 Å². The third-order valence-corrected chi connectivity index (χ3v) is 9.39. The quantitative estimate of drug-likeness (QED) is 0.112. The Morgan fingerprint density at radius 2 is 1.87 bits per heavy atom. The maximum Gasteiger partial charge on any atom is 0.287 e. The number of nitro groups is 1. The van der Waals surface area contributed by atoms with Crippen molar-refractivity contribution in [1.82, 2.24) is 14.6 Å². The van der Waals surface area contributed by atoms with E-state index in [9.17, 15) is 28.4 Å². The highest BCUT2D eigenvalue weighted by molar-refractivity contribution is 9.10. The van der Waals surface area contributed by atoms with Crippen LogP contribution in [0, 0.1) is 10.1 Å². The van der Waals surface area contributed by atoms with Gasteiger partial charge in [-0.1, -0.05) is 28.1 Å². The number of nitrogens with one attached hydrogen (secondary N) is 2. The Hall–Kier alpha value is -4.09. The number of ether oxygens (including phenoxy) is 3. The van der Waals surface area contributed by atoms with Crippen molar-refractivity contribution in [3.05, 3.63) is 98.8 Å². The van der Waals surface area contributed by atoms with Gasteiger partial charge in [-0.3, -0.25) is 14.9 Å². The number of hydrogen-bond acceptors (Lipinski definition) is 11. The number of methoxy groups -OCH3 is 1. The van der Waals surface area contributed by atoms with Crippen molar-refractivity contribution in [3.63, 3.8) is 0 Å². The average molecular weight is 721 g/mol. The van der Waals surface area contributed by atoms with Gasteiger partial charge in [0.05, 0.1) is 30.1 Å². The van der Waals surface area contributed by atoms with Gasteiger partial charge in [0, 0.05) is 49.1 Å². The van der Waals surface area contributed by atoms with Crippen molar-refractivity contribution in [2.75, 3.05) is 51.8 Å². The highest BCUT2D eigenvalue weighted by Gasteiger charge is 2.30. The molecule has 16 heteroatoms. The topological polar surface area (TPSA) is 182 Å². The van der Waals surface area contributed by atoms with Crippen molar-refractivity contribution in [3.8, 4) is 5.75 Å². The van der Waals surface area contributed by atoms with Gasteiger partial charge in [-0.15, -0.1) is 0 Å². The Morgan fingerprint density at radius 3 is 2.50 bits per heavy atom. The van der Waals surface area contributed by atoms with Crippen LogP contribution in [0.4, 0.5) is 11.5 Å². The number of anilines is 1. The lowest BCUT2D eigenvalue weighted by atomic mass is 9.93. The standard InChI is InChI=1S/C30H34BrN5O9S/c1-43-25-7-9-26(10-8-25)46(41,42)35(14-16-37)15-17-44-29-19-22(21-2-4-23(31)5-3-21)18-27(45-29)30(38)33-13-12-32-28-11-6-24(20-34-28)36(39)40/h2-11,18,20,22,29,37H,12-17,19H2,1H3,(H,32,34)(H,33,38)/t22-,29+/m1/s1. The summed E-state index contributed by atoms with van der Waals surface area (Å²) >= 11 is 3.43. The number of nitrogens with zero attached hydrogens (tertiary/aromatic N) is 3. The van der Waals surface area contributed by atoms with Crippen LogP contribution in [0.3, 0.4) is 0 Å². The van der Waals surface area contributed by atoms with Gasteiger partial charge in [-0.05, 0) is 54.1 Å². The number of aliphatic hydroxyl groups excluding tert-OH is 1. The van der Waals surface area contributed by atoms with E-state index in [0.29, 0.717) is 24.5 Å². The number of allylic oxidation sites excluding steroid dienone is 1. The maximum absolute atomic E-state index is 13.3. The van der Waals surface area contributed by atoms with Crippen molar-refractivity contribution in [2.24, 2.45) is 0 Å². The van der Waals surface area contributed by atoms with Gasteiger partial charge in [0.25, 0.3) is 11.6 Å². The minimum atomic E-state index is -3.94. The van der Waals surface area contributed by atoms with Crippen molar-refractivity contribution < 1.29 is 37.5 Å². The first-order valence-electron chi connectivity index (χ1n) is 14.2. The van der Waals surface area contributed by atoms with Gasteiger partial charge >= 0.3 is 0 Å². The molecular weight excluding hydrogens is 686 g/mol. The molecule has 2 aromatic carbocycles. The number of pyridine rings is 1. The predicted molar refractivity (Wildman–Crippen MR) is 172 cm³/mol. The number of carbonyl (C=O) groups excluding carboxylic acids is 1. The molecule has 4 rings (SSSR count). The minimum Gasteiger partial charge on any atom is -0.497 e. The van der Waals surface area contributed by atoms with Crippen LogP contribution >= 0.6 is 15.9 Å². The van der Waals surface area contributed by atoms with E-state index in [1.807, 2.05) is 24.3 Å². The Morgan fingerprint density at radius 1 is 1.13 bits per heavy atom. The van der Waals surface area contributed by atoms with Crippen molar-refractivity contribution >= 4 is 43.4 Å². The van der Waals surface area contributed by atoms with Gasteiger partial charge in [0.15, 0.2) is 5.76 Å². The van der Waals surface area contributed by atoms with Crippen LogP contribution in [-0.2, 0) is 24.3 Å². The zero-order valence-electron chi connectivity index (χ0n) is 24.9. The number of carbonyl (C=O) groups is 1. The van der Waals surface area contributed by atoms with Crippen LogP contribution in [0.15, 0.2) is 88.1 Å². The Balaban J connectivity index is 1.38. The lowest BCUT2D eigenvalue weighted by Crippen LogP contribution is -2.38. The molecule has 3 aromatic rings. The lowest BCUT2D eigenvalue weighted by Gasteiger charge is -2.30. The molecule has 1 amide bonds. The van der Waals surface area contributed by atoms with Gasteiger partial charge < -0.3 is 30.0 Å². The first kappa shape index (κ1) is 34.8. The summed E-state index contributed by atoms with van der Waals surface area (Å²) in [5.74, 6) is 0.276. The molecule has 14 nitrogen and oxygen atoms in total. The van der Waals surface area contributed by atoms with Crippen LogP contribution in [0.2, 0.25) is 0 Å². The summed E-state index contributed by atoms with van der Waals surface area (Å²) < 4.78 is 45.5. The second-order valence-corrected chi connectivity index (χ2v) is 12.8. The number of amides is 1. The zero-order chi connectivity index (χ0) is 33.1. The summed E-state index contributed by atoms with van der Waals surface area (Å²) in [6, 6.07) is 16.4. The van der Waals surface area contributed by atoms with E-state index >= 15 is 0 Å². The maximum atomic E-state index is 13.3. The molecule has 0 saturated heterocycles. The van der Waals surface area contributed by atoms with Gasteiger partial charge in [-0.2, -0.15) is 4.31 Å². The summed E-state index contributed by atoms with van der Waals surface area (Å²) in [6.45, 7) is -0.153. The molecule has 1 aliphatic heterocycles. The van der Waals surface area contributed by atoms with Crippen molar-refractivity contribution in [2.45, 2.75) is 23.5 Å². The van der Waals surface area contributed by atoms with E-state index in [4.69, 9.17) is 14.2 Å². The molecule has 46 heavy (non-hydrogen) atoms. The third kappa shape index (κ3) is 9.46. The number of rotatable bonds is 16. The molecule has 2 atom stereocenters. The molecule has 1 aliphatic rings. The van der Waals surface area contributed by atoms with Crippen LogP contribution in [-0.4, -0.2) is 86.4 Å². The minimum absolute atomic E-state index is 0.0479. The molecule has 1 aromatic heterocycles. The molecule has 0 radical (unpaired) electrons. The number of aromatic nitrogens is 1. The highest BCUT2D eigenvalue weighted by atomic mass is 79.9. The molecule has 0 spiro atoms.